The minimum atomic E-state index is -0.911. The fourth-order valence-corrected chi connectivity index (χ4v) is 2.39. The van der Waals surface area contributed by atoms with Crippen molar-refractivity contribution in [3.05, 3.63) is 42.0 Å². The van der Waals surface area contributed by atoms with Gasteiger partial charge in [-0.1, -0.05) is 12.1 Å². The van der Waals surface area contributed by atoms with E-state index in [2.05, 4.69) is 10.1 Å². The van der Waals surface area contributed by atoms with E-state index in [0.29, 0.717) is 11.3 Å². The molecule has 2 aromatic rings. The van der Waals surface area contributed by atoms with Crippen LogP contribution < -0.4 is 0 Å². The number of rotatable bonds is 4. The molecule has 0 aliphatic heterocycles. The number of carboxylic acid groups (broad SMARTS) is 1. The first-order chi connectivity index (χ1) is 8.18. The molecule has 0 aliphatic rings. The molecule has 0 unspecified atom stereocenters. The molecule has 17 heavy (non-hydrogen) atoms. The Bertz CT molecular complexity index is 539. The van der Waals surface area contributed by atoms with Gasteiger partial charge >= 0.3 is 5.97 Å². The van der Waals surface area contributed by atoms with Crippen LogP contribution in [0.1, 0.15) is 16.2 Å². The van der Waals surface area contributed by atoms with E-state index < -0.39 is 5.97 Å². The lowest BCUT2D eigenvalue weighted by molar-refractivity contribution is 0.0693. The van der Waals surface area contributed by atoms with Gasteiger partial charge in [0.2, 0.25) is 0 Å². The first-order valence-corrected chi connectivity index (χ1v) is 5.95. The van der Waals surface area contributed by atoms with Crippen molar-refractivity contribution in [2.45, 2.75) is 10.6 Å². The summed E-state index contributed by atoms with van der Waals surface area (Å²) in [6.07, 6.45) is 1.49. The largest absolute Gasteiger partial charge is 0.478 e. The lowest BCUT2D eigenvalue weighted by Gasteiger charge is -2.04. The highest BCUT2D eigenvalue weighted by atomic mass is 32.2. The number of carboxylic acids is 1. The van der Waals surface area contributed by atoms with E-state index in [0.717, 1.165) is 10.7 Å². The van der Waals surface area contributed by atoms with Crippen LogP contribution in [-0.4, -0.2) is 25.8 Å². The summed E-state index contributed by atoms with van der Waals surface area (Å²) in [6.45, 7) is 0. The standard InChI is InChI=1S/C11H11N3O2S/c1-14-10(12-7-13-14)6-17-9-5-3-2-4-8(9)11(15)16/h2-5,7H,6H2,1H3,(H,15,16). The molecule has 0 aliphatic carbocycles. The Morgan fingerprint density at radius 2 is 2.24 bits per heavy atom. The van der Waals surface area contributed by atoms with Crippen molar-refractivity contribution in [3.63, 3.8) is 0 Å². The molecule has 1 aromatic carbocycles. The molecule has 0 spiro atoms. The second kappa shape index (κ2) is 5.01. The predicted molar refractivity (Wildman–Crippen MR) is 64.0 cm³/mol. The molecular weight excluding hydrogens is 238 g/mol. The highest BCUT2D eigenvalue weighted by molar-refractivity contribution is 7.98. The van der Waals surface area contributed by atoms with E-state index in [1.165, 1.54) is 18.1 Å². The van der Waals surface area contributed by atoms with Crippen LogP contribution in [0.4, 0.5) is 0 Å². The monoisotopic (exact) mass is 249 g/mol. The van der Waals surface area contributed by atoms with Crippen LogP contribution in [0.15, 0.2) is 35.5 Å². The van der Waals surface area contributed by atoms with Crippen molar-refractivity contribution in [2.24, 2.45) is 7.05 Å². The Morgan fingerprint density at radius 1 is 1.47 bits per heavy atom. The number of aromatic carboxylic acids is 1. The molecule has 0 bridgehead atoms. The lowest BCUT2D eigenvalue weighted by atomic mass is 10.2. The zero-order valence-electron chi connectivity index (χ0n) is 9.20. The van der Waals surface area contributed by atoms with Gasteiger partial charge in [0, 0.05) is 11.9 Å². The van der Waals surface area contributed by atoms with Crippen molar-refractivity contribution in [1.29, 1.82) is 0 Å². The van der Waals surface area contributed by atoms with E-state index in [-0.39, 0.29) is 0 Å². The number of carbonyl (C=O) groups is 1. The maximum absolute atomic E-state index is 11.0. The Kier molecular flexibility index (Phi) is 3.43. The summed E-state index contributed by atoms with van der Waals surface area (Å²) in [7, 11) is 1.81. The van der Waals surface area contributed by atoms with Crippen molar-refractivity contribution >= 4 is 17.7 Å². The summed E-state index contributed by atoms with van der Waals surface area (Å²) in [4.78, 5) is 15.8. The van der Waals surface area contributed by atoms with Gasteiger partial charge in [-0.15, -0.1) is 11.8 Å². The second-order valence-corrected chi connectivity index (χ2v) is 4.41. The first kappa shape index (κ1) is 11.7. The Balaban J connectivity index is 2.14. The number of benzene rings is 1. The van der Waals surface area contributed by atoms with E-state index in [1.54, 1.807) is 22.9 Å². The summed E-state index contributed by atoms with van der Waals surface area (Å²) in [5.74, 6) is 0.502. The van der Waals surface area contributed by atoms with Gasteiger partial charge in [-0.05, 0) is 12.1 Å². The third-order valence-electron chi connectivity index (χ3n) is 2.28. The average molecular weight is 249 g/mol. The topological polar surface area (TPSA) is 68.0 Å². The van der Waals surface area contributed by atoms with Crippen molar-refractivity contribution < 1.29 is 9.90 Å². The molecule has 0 amide bonds. The van der Waals surface area contributed by atoms with Crippen LogP contribution in [0.3, 0.4) is 0 Å². The molecule has 1 heterocycles. The van der Waals surface area contributed by atoms with Crippen LogP contribution in [0.2, 0.25) is 0 Å². The van der Waals surface area contributed by atoms with Crippen LogP contribution in [0, 0.1) is 0 Å². The van der Waals surface area contributed by atoms with Gasteiger partial charge in [0.15, 0.2) is 0 Å². The van der Waals surface area contributed by atoms with Gasteiger partial charge in [0.05, 0.1) is 11.3 Å². The number of thioether (sulfide) groups is 1. The number of aromatic nitrogens is 3. The maximum atomic E-state index is 11.0. The molecule has 0 saturated heterocycles. The number of aryl methyl sites for hydroxylation is 1. The van der Waals surface area contributed by atoms with Crippen LogP contribution in [-0.2, 0) is 12.8 Å². The summed E-state index contributed by atoms with van der Waals surface area (Å²) in [5.41, 5.74) is 0.319. The Morgan fingerprint density at radius 3 is 2.88 bits per heavy atom. The van der Waals surface area contributed by atoms with Crippen LogP contribution in [0.25, 0.3) is 0 Å². The van der Waals surface area contributed by atoms with Crippen molar-refractivity contribution in [2.75, 3.05) is 0 Å². The molecule has 0 radical (unpaired) electrons. The first-order valence-electron chi connectivity index (χ1n) is 4.96. The van der Waals surface area contributed by atoms with Crippen molar-refractivity contribution in [3.8, 4) is 0 Å². The molecule has 1 aromatic heterocycles. The molecule has 5 nitrogen and oxygen atoms in total. The molecule has 2 rings (SSSR count). The third kappa shape index (κ3) is 2.65. The van der Waals surface area contributed by atoms with Gasteiger partial charge in [-0.25, -0.2) is 9.78 Å². The van der Waals surface area contributed by atoms with E-state index >= 15 is 0 Å². The van der Waals surface area contributed by atoms with Gasteiger partial charge < -0.3 is 5.11 Å². The average Bonchev–Trinajstić information content (AvgIpc) is 2.72. The normalized spacial score (nSPS) is 10.4. The fourth-order valence-electron chi connectivity index (χ4n) is 1.36. The summed E-state index contributed by atoms with van der Waals surface area (Å²) in [5, 5.41) is 13.0. The molecule has 0 saturated carbocycles. The highest BCUT2D eigenvalue weighted by Gasteiger charge is 2.10. The lowest BCUT2D eigenvalue weighted by Crippen LogP contribution is -2.00. The predicted octanol–water partition coefficient (Wildman–Crippen LogP) is 1.81. The number of hydrogen-bond acceptors (Lipinski definition) is 4. The molecule has 88 valence electrons. The van der Waals surface area contributed by atoms with E-state index in [1.807, 2.05) is 13.1 Å². The Labute approximate surface area is 102 Å². The quantitative estimate of drug-likeness (QED) is 0.837. The minimum absolute atomic E-state index is 0.319. The zero-order chi connectivity index (χ0) is 12.3. The zero-order valence-corrected chi connectivity index (χ0v) is 10.0. The third-order valence-corrected chi connectivity index (χ3v) is 3.35. The molecular formula is C11H11N3O2S. The summed E-state index contributed by atoms with van der Waals surface area (Å²) >= 11 is 1.44. The van der Waals surface area contributed by atoms with Gasteiger partial charge in [0.1, 0.15) is 12.2 Å². The SMILES string of the molecule is Cn1ncnc1CSc1ccccc1C(=O)O. The van der Waals surface area contributed by atoms with Crippen molar-refractivity contribution in [1.82, 2.24) is 14.8 Å². The molecule has 6 heteroatoms. The van der Waals surface area contributed by atoms with Gasteiger partial charge in [0.25, 0.3) is 0 Å². The molecule has 0 atom stereocenters. The van der Waals surface area contributed by atoms with Gasteiger partial charge in [-0.2, -0.15) is 5.10 Å². The maximum Gasteiger partial charge on any atom is 0.336 e. The molecule has 1 N–H and O–H groups in total. The number of hydrogen-bond donors (Lipinski definition) is 1. The highest BCUT2D eigenvalue weighted by Crippen LogP contribution is 2.25. The second-order valence-electron chi connectivity index (χ2n) is 3.39. The Hall–Kier alpha value is -1.82. The van der Waals surface area contributed by atoms with Gasteiger partial charge in [-0.3, -0.25) is 4.68 Å². The summed E-state index contributed by atoms with van der Waals surface area (Å²) < 4.78 is 1.68. The smallest absolute Gasteiger partial charge is 0.336 e. The van der Waals surface area contributed by atoms with Crippen LogP contribution >= 0.6 is 11.8 Å². The van der Waals surface area contributed by atoms with Crippen LogP contribution in [0.5, 0.6) is 0 Å². The fraction of sp³-hybridized carbons (Fsp3) is 0.182. The van der Waals surface area contributed by atoms with E-state index in [4.69, 9.17) is 5.11 Å². The molecule has 0 fully saturated rings. The minimum Gasteiger partial charge on any atom is -0.478 e. The van der Waals surface area contributed by atoms with E-state index in [9.17, 15) is 4.79 Å². The number of nitrogens with zero attached hydrogens (tertiary/aromatic N) is 3. The summed E-state index contributed by atoms with van der Waals surface area (Å²) in [6, 6.07) is 6.94.